The van der Waals surface area contributed by atoms with Gasteiger partial charge in [0.1, 0.15) is 12.2 Å². The lowest BCUT2D eigenvalue weighted by molar-refractivity contribution is -0.134. The Morgan fingerprint density at radius 1 is 1.20 bits per heavy atom. The van der Waals surface area contributed by atoms with Crippen molar-refractivity contribution in [3.8, 4) is 0 Å². The lowest BCUT2D eigenvalue weighted by atomic mass is 9.82. The van der Waals surface area contributed by atoms with E-state index in [4.69, 9.17) is 5.11 Å². The first-order valence-corrected chi connectivity index (χ1v) is 7.07. The monoisotopic (exact) mass is 288 g/mol. The molecule has 2 amide bonds. The maximum atomic E-state index is 13.2. The number of aliphatic hydroxyl groups is 1. The molecule has 0 spiro atoms. The molecule has 1 heterocycles. The van der Waals surface area contributed by atoms with E-state index in [9.17, 15) is 19.1 Å². The van der Waals surface area contributed by atoms with Crippen LogP contribution in [0.2, 0.25) is 0 Å². The van der Waals surface area contributed by atoms with Crippen molar-refractivity contribution in [2.45, 2.75) is 50.4 Å². The largest absolute Gasteiger partial charge is 0.465 e. The van der Waals surface area contributed by atoms with Crippen molar-refractivity contribution in [3.63, 3.8) is 0 Å². The number of aliphatic hydroxyl groups excluding tert-OH is 1. The fraction of sp³-hybridized carbons (Fsp3) is 0.846. The number of carbonyl (C=O) groups is 2. The summed E-state index contributed by atoms with van der Waals surface area (Å²) in [7, 11) is 0. The Balaban J connectivity index is 2.02. The fourth-order valence-electron chi connectivity index (χ4n) is 3.06. The minimum atomic E-state index is -1.24. The third-order valence-electron chi connectivity index (χ3n) is 4.20. The van der Waals surface area contributed by atoms with Gasteiger partial charge in [0.2, 0.25) is 5.91 Å². The van der Waals surface area contributed by atoms with Crippen molar-refractivity contribution in [3.05, 3.63) is 0 Å². The Bertz CT molecular complexity index is 371. The first-order chi connectivity index (χ1) is 9.47. The number of hydrogen-bond donors (Lipinski definition) is 3. The molecule has 3 N–H and O–H groups in total. The third-order valence-corrected chi connectivity index (χ3v) is 4.20. The molecule has 2 rings (SSSR count). The van der Waals surface area contributed by atoms with Crippen molar-refractivity contribution in [2.75, 3.05) is 13.1 Å². The lowest BCUT2D eigenvalue weighted by Gasteiger charge is -2.33. The summed E-state index contributed by atoms with van der Waals surface area (Å²) >= 11 is 0. The topological polar surface area (TPSA) is 89.9 Å². The second kappa shape index (κ2) is 6.39. The van der Waals surface area contributed by atoms with Crippen LogP contribution in [0.4, 0.5) is 9.18 Å². The molecule has 0 radical (unpaired) electrons. The van der Waals surface area contributed by atoms with Crippen molar-refractivity contribution in [1.82, 2.24) is 10.2 Å². The quantitative estimate of drug-likeness (QED) is 0.714. The van der Waals surface area contributed by atoms with Crippen LogP contribution in [0.1, 0.15) is 32.1 Å². The second-order valence-electron chi connectivity index (χ2n) is 5.67. The zero-order valence-electron chi connectivity index (χ0n) is 11.3. The van der Waals surface area contributed by atoms with Crippen LogP contribution in [-0.4, -0.2) is 58.5 Å². The van der Waals surface area contributed by atoms with E-state index in [1.165, 1.54) is 4.90 Å². The molecule has 1 aliphatic carbocycles. The van der Waals surface area contributed by atoms with Gasteiger partial charge in [0.15, 0.2) is 0 Å². The van der Waals surface area contributed by atoms with E-state index in [2.05, 4.69) is 5.32 Å². The van der Waals surface area contributed by atoms with Gasteiger partial charge < -0.3 is 20.4 Å². The average Bonchev–Trinajstić information content (AvgIpc) is 2.83. The van der Waals surface area contributed by atoms with E-state index in [-0.39, 0.29) is 24.5 Å². The molecule has 1 saturated carbocycles. The van der Waals surface area contributed by atoms with Crippen LogP contribution >= 0.6 is 0 Å². The number of hydrogen-bond acceptors (Lipinski definition) is 3. The lowest BCUT2D eigenvalue weighted by Crippen LogP contribution is -2.52. The van der Waals surface area contributed by atoms with Crippen LogP contribution in [0.5, 0.6) is 0 Å². The molecule has 0 bridgehead atoms. The highest BCUT2D eigenvalue weighted by molar-refractivity contribution is 5.86. The maximum Gasteiger partial charge on any atom is 0.405 e. The average molecular weight is 288 g/mol. The fourth-order valence-corrected chi connectivity index (χ4v) is 3.06. The molecule has 0 aromatic carbocycles. The maximum absolute atomic E-state index is 13.2. The van der Waals surface area contributed by atoms with E-state index in [1.807, 2.05) is 0 Å². The Hall–Kier alpha value is -1.37. The summed E-state index contributed by atoms with van der Waals surface area (Å²) in [6.07, 6.45) is 0.0322. The van der Waals surface area contributed by atoms with Crippen LogP contribution in [0, 0.1) is 5.92 Å². The summed E-state index contributed by atoms with van der Waals surface area (Å²) in [4.78, 5) is 24.7. The first-order valence-electron chi connectivity index (χ1n) is 7.07. The van der Waals surface area contributed by atoms with Crippen LogP contribution < -0.4 is 5.32 Å². The van der Waals surface area contributed by atoms with Crippen LogP contribution in [0.25, 0.3) is 0 Å². The predicted octanol–water partition coefficient (Wildman–Crippen LogP) is 0.744. The molecule has 6 nitrogen and oxygen atoms in total. The molecular formula is C13H21FN2O4. The molecule has 0 aromatic heterocycles. The molecule has 7 heteroatoms. The summed E-state index contributed by atoms with van der Waals surface area (Å²) < 4.78 is 13.2. The number of likely N-dealkylation sites (tertiary alicyclic amines) is 1. The van der Waals surface area contributed by atoms with Gasteiger partial charge in [-0.3, -0.25) is 4.79 Å². The van der Waals surface area contributed by atoms with Gasteiger partial charge in [-0.25, -0.2) is 9.18 Å². The smallest absolute Gasteiger partial charge is 0.405 e. The van der Waals surface area contributed by atoms with Gasteiger partial charge in [0, 0.05) is 6.54 Å². The number of carbonyl (C=O) groups excluding carboxylic acids is 1. The summed E-state index contributed by atoms with van der Waals surface area (Å²) in [5, 5.41) is 20.7. The molecule has 2 fully saturated rings. The Labute approximate surface area is 116 Å². The standard InChI is InChI=1S/C13H21FN2O4/c14-9-5-6-16(7-9)12(18)11(15-13(19)20)8-1-3-10(17)4-2-8/h8-11,15,17H,1-7H2,(H,19,20)/t8?,9-,10?,11?/m0/s1. The van der Waals surface area contributed by atoms with E-state index in [0.717, 1.165) is 0 Å². The Kier molecular flexibility index (Phi) is 4.80. The van der Waals surface area contributed by atoms with Crippen LogP contribution in [0.15, 0.2) is 0 Å². The normalized spacial score (nSPS) is 31.9. The van der Waals surface area contributed by atoms with Gasteiger partial charge in [-0.05, 0) is 38.0 Å². The van der Waals surface area contributed by atoms with Crippen LogP contribution in [0.3, 0.4) is 0 Å². The zero-order chi connectivity index (χ0) is 14.7. The van der Waals surface area contributed by atoms with Gasteiger partial charge in [0.25, 0.3) is 0 Å². The van der Waals surface area contributed by atoms with Gasteiger partial charge in [-0.1, -0.05) is 0 Å². The van der Waals surface area contributed by atoms with Crippen molar-refractivity contribution < 1.29 is 24.2 Å². The number of nitrogens with one attached hydrogen (secondary N) is 1. The molecule has 2 atom stereocenters. The third kappa shape index (κ3) is 3.59. The van der Waals surface area contributed by atoms with Crippen LogP contribution in [-0.2, 0) is 4.79 Å². The van der Waals surface area contributed by atoms with E-state index in [0.29, 0.717) is 38.6 Å². The number of halogens is 1. The minimum Gasteiger partial charge on any atom is -0.465 e. The molecule has 1 unspecified atom stereocenters. The highest BCUT2D eigenvalue weighted by Gasteiger charge is 2.37. The molecule has 2 aliphatic rings. The number of amides is 2. The molecule has 114 valence electrons. The van der Waals surface area contributed by atoms with Gasteiger partial charge in [0.05, 0.1) is 12.6 Å². The molecular weight excluding hydrogens is 267 g/mol. The summed E-state index contributed by atoms with van der Waals surface area (Å²) in [5.74, 6) is -0.463. The highest BCUT2D eigenvalue weighted by Crippen LogP contribution is 2.28. The SMILES string of the molecule is O=C(O)NC(C(=O)N1CC[C@H](F)C1)C1CCC(O)CC1. The summed E-state index contributed by atoms with van der Waals surface area (Å²) in [5.41, 5.74) is 0. The van der Waals surface area contributed by atoms with Gasteiger partial charge in [-0.15, -0.1) is 0 Å². The molecule has 20 heavy (non-hydrogen) atoms. The first kappa shape index (κ1) is 15.0. The van der Waals surface area contributed by atoms with Crippen molar-refractivity contribution in [2.24, 2.45) is 5.92 Å². The van der Waals surface area contributed by atoms with Gasteiger partial charge in [-0.2, -0.15) is 0 Å². The number of rotatable bonds is 3. The number of alkyl halides is 1. The van der Waals surface area contributed by atoms with E-state index < -0.39 is 18.3 Å². The van der Waals surface area contributed by atoms with E-state index >= 15 is 0 Å². The highest BCUT2D eigenvalue weighted by atomic mass is 19.1. The van der Waals surface area contributed by atoms with Gasteiger partial charge >= 0.3 is 6.09 Å². The Morgan fingerprint density at radius 2 is 1.85 bits per heavy atom. The van der Waals surface area contributed by atoms with Crippen molar-refractivity contribution >= 4 is 12.0 Å². The van der Waals surface area contributed by atoms with Crippen molar-refractivity contribution in [1.29, 1.82) is 0 Å². The van der Waals surface area contributed by atoms with E-state index in [1.54, 1.807) is 0 Å². The Morgan fingerprint density at radius 3 is 2.35 bits per heavy atom. The minimum absolute atomic E-state index is 0.0476. The molecule has 0 aromatic rings. The number of nitrogens with zero attached hydrogens (tertiary/aromatic N) is 1. The second-order valence-corrected chi connectivity index (χ2v) is 5.67. The molecule has 1 aliphatic heterocycles. The molecule has 1 saturated heterocycles. The summed E-state index contributed by atoms with van der Waals surface area (Å²) in [6.45, 7) is 0.388. The zero-order valence-corrected chi connectivity index (χ0v) is 11.3. The predicted molar refractivity (Wildman–Crippen MR) is 69.0 cm³/mol. The number of carboxylic acid groups (broad SMARTS) is 1. The summed E-state index contributed by atoms with van der Waals surface area (Å²) in [6, 6.07) is -0.828.